The van der Waals surface area contributed by atoms with Gasteiger partial charge in [0.2, 0.25) is 5.91 Å². The van der Waals surface area contributed by atoms with Gasteiger partial charge in [-0.3, -0.25) is 14.7 Å². The maximum Gasteiger partial charge on any atom is 0.220 e. The fourth-order valence-electron chi connectivity index (χ4n) is 3.60. The highest BCUT2D eigenvalue weighted by atomic mass is 16.5. The van der Waals surface area contributed by atoms with Crippen LogP contribution in [0.15, 0.2) is 4.99 Å². The number of nitrogens with zero attached hydrogens (tertiary/aromatic N) is 3. The second kappa shape index (κ2) is 10.6. The van der Waals surface area contributed by atoms with Crippen LogP contribution in [0, 0.1) is 11.8 Å². The molecule has 2 saturated heterocycles. The van der Waals surface area contributed by atoms with E-state index in [-0.39, 0.29) is 5.91 Å². The number of ether oxygens (including phenoxy) is 1. The summed E-state index contributed by atoms with van der Waals surface area (Å²) < 4.78 is 5.41. The first-order valence-electron chi connectivity index (χ1n) is 9.58. The lowest BCUT2D eigenvalue weighted by Gasteiger charge is -2.35. The van der Waals surface area contributed by atoms with Crippen LogP contribution in [-0.4, -0.2) is 88.2 Å². The van der Waals surface area contributed by atoms with Crippen molar-refractivity contribution in [2.45, 2.75) is 26.2 Å². The van der Waals surface area contributed by atoms with Gasteiger partial charge < -0.3 is 20.3 Å². The number of aliphatic imine (C=N–C) groups is 1. The van der Waals surface area contributed by atoms with Crippen LogP contribution in [0.25, 0.3) is 0 Å². The van der Waals surface area contributed by atoms with Crippen molar-refractivity contribution in [3.63, 3.8) is 0 Å². The van der Waals surface area contributed by atoms with E-state index in [2.05, 4.69) is 32.3 Å². The van der Waals surface area contributed by atoms with E-state index in [4.69, 9.17) is 4.74 Å². The van der Waals surface area contributed by atoms with Crippen molar-refractivity contribution in [1.82, 2.24) is 20.4 Å². The van der Waals surface area contributed by atoms with Gasteiger partial charge in [-0.1, -0.05) is 6.92 Å². The minimum atomic E-state index is 0.151. The molecule has 1 amide bonds. The number of nitrogens with one attached hydrogen (secondary N) is 2. The molecule has 2 aliphatic rings. The van der Waals surface area contributed by atoms with Crippen molar-refractivity contribution in [1.29, 1.82) is 0 Å². The Labute approximate surface area is 152 Å². The Morgan fingerprint density at radius 2 is 1.92 bits per heavy atom. The molecule has 0 saturated carbocycles. The van der Waals surface area contributed by atoms with Crippen molar-refractivity contribution in [2.75, 3.05) is 66.6 Å². The monoisotopic (exact) mass is 353 g/mol. The van der Waals surface area contributed by atoms with E-state index in [1.807, 2.05) is 7.05 Å². The SMILES string of the molecule is CN=C(NCC(C)CN1CCOCC1)N1CCC(CC(=O)NC)CC1. The zero-order chi connectivity index (χ0) is 18.1. The largest absolute Gasteiger partial charge is 0.379 e. The van der Waals surface area contributed by atoms with Crippen LogP contribution < -0.4 is 10.6 Å². The molecule has 0 aromatic carbocycles. The van der Waals surface area contributed by atoms with E-state index >= 15 is 0 Å². The van der Waals surface area contributed by atoms with E-state index in [0.29, 0.717) is 18.3 Å². The summed E-state index contributed by atoms with van der Waals surface area (Å²) >= 11 is 0. The van der Waals surface area contributed by atoms with E-state index in [1.165, 1.54) is 0 Å². The molecule has 2 aliphatic heterocycles. The third-order valence-corrected chi connectivity index (χ3v) is 5.16. The van der Waals surface area contributed by atoms with Gasteiger partial charge in [-0.25, -0.2) is 0 Å². The molecule has 25 heavy (non-hydrogen) atoms. The van der Waals surface area contributed by atoms with Crippen LogP contribution in [-0.2, 0) is 9.53 Å². The van der Waals surface area contributed by atoms with Gasteiger partial charge >= 0.3 is 0 Å². The Bertz CT molecular complexity index is 429. The zero-order valence-electron chi connectivity index (χ0n) is 16.1. The number of morpholine rings is 1. The highest BCUT2D eigenvalue weighted by Gasteiger charge is 2.23. The number of likely N-dealkylation sites (tertiary alicyclic amines) is 1. The number of piperidine rings is 1. The van der Waals surface area contributed by atoms with E-state index in [9.17, 15) is 4.79 Å². The van der Waals surface area contributed by atoms with E-state index in [1.54, 1.807) is 7.05 Å². The van der Waals surface area contributed by atoms with Crippen LogP contribution in [0.5, 0.6) is 0 Å². The predicted octanol–water partition coefficient (Wildman–Crippen LogP) is 0.378. The van der Waals surface area contributed by atoms with E-state index < -0.39 is 0 Å². The van der Waals surface area contributed by atoms with Crippen LogP contribution in [0.2, 0.25) is 0 Å². The molecule has 144 valence electrons. The fraction of sp³-hybridized carbons (Fsp3) is 0.889. The Hall–Kier alpha value is -1.34. The average molecular weight is 354 g/mol. The summed E-state index contributed by atoms with van der Waals surface area (Å²) in [6.07, 6.45) is 2.75. The van der Waals surface area contributed by atoms with E-state index in [0.717, 1.165) is 71.3 Å². The zero-order valence-corrected chi connectivity index (χ0v) is 16.1. The van der Waals surface area contributed by atoms with Crippen molar-refractivity contribution in [3.05, 3.63) is 0 Å². The van der Waals surface area contributed by atoms with Gasteiger partial charge in [0.25, 0.3) is 0 Å². The summed E-state index contributed by atoms with van der Waals surface area (Å²) in [5, 5.41) is 6.26. The predicted molar refractivity (Wildman–Crippen MR) is 101 cm³/mol. The number of guanidine groups is 1. The third-order valence-electron chi connectivity index (χ3n) is 5.16. The first kappa shape index (κ1) is 20.0. The number of amides is 1. The molecule has 0 aromatic rings. The Kier molecular flexibility index (Phi) is 8.48. The van der Waals surface area contributed by atoms with Crippen molar-refractivity contribution in [2.24, 2.45) is 16.8 Å². The van der Waals surface area contributed by atoms with Gasteiger partial charge in [-0.15, -0.1) is 0 Å². The van der Waals surface area contributed by atoms with Crippen molar-refractivity contribution < 1.29 is 9.53 Å². The number of carbonyl (C=O) groups is 1. The molecule has 0 aliphatic carbocycles. The summed E-state index contributed by atoms with van der Waals surface area (Å²) in [6.45, 7) is 10.0. The summed E-state index contributed by atoms with van der Waals surface area (Å²) in [5.74, 6) is 2.21. The molecule has 2 heterocycles. The molecular formula is C18H35N5O2. The molecule has 2 N–H and O–H groups in total. The standard InChI is InChI=1S/C18H35N5O2/c1-15(14-22-8-10-25-11-9-22)13-21-18(20-3)23-6-4-16(5-7-23)12-17(24)19-2/h15-16H,4-14H2,1-3H3,(H,19,24)(H,20,21). The molecule has 0 bridgehead atoms. The van der Waals surface area contributed by atoms with Crippen LogP contribution >= 0.6 is 0 Å². The minimum Gasteiger partial charge on any atom is -0.379 e. The van der Waals surface area contributed by atoms with Crippen LogP contribution in [0.1, 0.15) is 26.2 Å². The summed E-state index contributed by atoms with van der Waals surface area (Å²) in [7, 11) is 3.56. The maximum absolute atomic E-state index is 11.5. The van der Waals surface area contributed by atoms with Gasteiger partial charge in [0.15, 0.2) is 5.96 Å². The average Bonchev–Trinajstić information content (AvgIpc) is 2.64. The molecule has 0 radical (unpaired) electrons. The molecule has 2 rings (SSSR count). The smallest absolute Gasteiger partial charge is 0.220 e. The lowest BCUT2D eigenvalue weighted by Crippen LogP contribution is -2.48. The Morgan fingerprint density at radius 1 is 1.24 bits per heavy atom. The summed E-state index contributed by atoms with van der Waals surface area (Å²) in [5.41, 5.74) is 0. The Morgan fingerprint density at radius 3 is 2.52 bits per heavy atom. The molecule has 7 heteroatoms. The highest BCUT2D eigenvalue weighted by Crippen LogP contribution is 2.20. The lowest BCUT2D eigenvalue weighted by atomic mass is 9.93. The van der Waals surface area contributed by atoms with Crippen LogP contribution in [0.4, 0.5) is 0 Å². The van der Waals surface area contributed by atoms with Gasteiger partial charge in [0.1, 0.15) is 0 Å². The first-order chi connectivity index (χ1) is 12.1. The van der Waals surface area contributed by atoms with Crippen molar-refractivity contribution >= 4 is 11.9 Å². The van der Waals surface area contributed by atoms with Gasteiger partial charge in [-0.2, -0.15) is 0 Å². The maximum atomic E-state index is 11.5. The molecular weight excluding hydrogens is 318 g/mol. The second-order valence-corrected chi connectivity index (χ2v) is 7.25. The third kappa shape index (κ3) is 6.82. The number of hydrogen-bond donors (Lipinski definition) is 2. The van der Waals surface area contributed by atoms with Gasteiger partial charge in [0.05, 0.1) is 13.2 Å². The quantitative estimate of drug-likeness (QED) is 0.534. The summed E-state index contributed by atoms with van der Waals surface area (Å²) in [4.78, 5) is 20.8. The molecule has 0 aromatic heterocycles. The number of carbonyl (C=O) groups excluding carboxylic acids is 1. The molecule has 1 atom stereocenters. The van der Waals surface area contributed by atoms with Gasteiger partial charge in [-0.05, 0) is 24.7 Å². The van der Waals surface area contributed by atoms with Gasteiger partial charge in [0, 0.05) is 59.8 Å². The van der Waals surface area contributed by atoms with Crippen LogP contribution in [0.3, 0.4) is 0 Å². The molecule has 1 unspecified atom stereocenters. The number of hydrogen-bond acceptors (Lipinski definition) is 4. The topological polar surface area (TPSA) is 69.2 Å². The minimum absolute atomic E-state index is 0.151. The first-order valence-corrected chi connectivity index (χ1v) is 9.58. The van der Waals surface area contributed by atoms with Crippen molar-refractivity contribution in [3.8, 4) is 0 Å². The molecule has 0 spiro atoms. The normalized spacial score (nSPS) is 21.9. The highest BCUT2D eigenvalue weighted by molar-refractivity contribution is 5.80. The summed E-state index contributed by atoms with van der Waals surface area (Å²) in [6, 6.07) is 0. The second-order valence-electron chi connectivity index (χ2n) is 7.25. The number of rotatable bonds is 6. The molecule has 7 nitrogen and oxygen atoms in total. The Balaban J connectivity index is 1.69. The molecule has 2 fully saturated rings. The fourth-order valence-corrected chi connectivity index (χ4v) is 3.60. The lowest BCUT2D eigenvalue weighted by molar-refractivity contribution is -0.121.